The summed E-state index contributed by atoms with van der Waals surface area (Å²) >= 11 is 0. The van der Waals surface area contributed by atoms with Crippen LogP contribution in [0.4, 0.5) is 0 Å². The Kier molecular flexibility index (Phi) is 3.41. The van der Waals surface area contributed by atoms with Crippen LogP contribution in [-0.4, -0.2) is 32.9 Å². The van der Waals surface area contributed by atoms with Crippen molar-refractivity contribution in [3.8, 4) is 0 Å². The summed E-state index contributed by atoms with van der Waals surface area (Å²) < 4.78 is 6.60. The van der Waals surface area contributed by atoms with Crippen LogP contribution in [0.3, 0.4) is 0 Å². The minimum absolute atomic E-state index is 0.190. The molecule has 0 aromatic carbocycles. The molecule has 84 valence electrons. The van der Waals surface area contributed by atoms with Crippen molar-refractivity contribution in [1.82, 2.24) is 14.8 Å². The van der Waals surface area contributed by atoms with Gasteiger partial charge >= 0.3 is 5.97 Å². The van der Waals surface area contributed by atoms with Crippen molar-refractivity contribution in [1.29, 1.82) is 0 Å². The van der Waals surface area contributed by atoms with Crippen molar-refractivity contribution in [2.75, 3.05) is 6.54 Å². The van der Waals surface area contributed by atoms with Gasteiger partial charge in [0, 0.05) is 6.54 Å². The van der Waals surface area contributed by atoms with Gasteiger partial charge in [0.25, 0.3) is 0 Å². The number of nitrogens with two attached hydrogens (primary N) is 1. The van der Waals surface area contributed by atoms with Gasteiger partial charge in [-0.25, -0.2) is 14.5 Å². The molecule has 0 aliphatic carbocycles. The average molecular weight is 212 g/mol. The molecule has 6 nitrogen and oxygen atoms in total. The van der Waals surface area contributed by atoms with Crippen LogP contribution in [0.15, 0.2) is 6.33 Å². The summed E-state index contributed by atoms with van der Waals surface area (Å²) in [7, 11) is 0. The first-order chi connectivity index (χ1) is 6.94. The normalized spacial score (nSPS) is 11.5. The summed E-state index contributed by atoms with van der Waals surface area (Å²) in [4.78, 5) is 15.5. The zero-order valence-electron chi connectivity index (χ0n) is 9.23. The van der Waals surface area contributed by atoms with E-state index >= 15 is 0 Å². The number of ether oxygens (including phenoxy) is 1. The molecule has 0 amide bonds. The van der Waals surface area contributed by atoms with Crippen LogP contribution in [0.1, 0.15) is 31.4 Å². The van der Waals surface area contributed by atoms with Crippen molar-refractivity contribution in [2.45, 2.75) is 32.9 Å². The largest absolute Gasteiger partial charge is 0.454 e. The standard InChI is InChI=1S/C9H16N4O2/c1-9(2,3)15-8(14)7-11-6-12-13(7)5-4-10/h6H,4-5,10H2,1-3H3. The molecule has 0 saturated heterocycles. The molecule has 0 aliphatic rings. The van der Waals surface area contributed by atoms with Crippen molar-refractivity contribution < 1.29 is 9.53 Å². The summed E-state index contributed by atoms with van der Waals surface area (Å²) in [6, 6.07) is 0. The van der Waals surface area contributed by atoms with Crippen LogP contribution in [0.5, 0.6) is 0 Å². The van der Waals surface area contributed by atoms with Crippen LogP contribution in [0.2, 0.25) is 0 Å². The molecular weight excluding hydrogens is 196 g/mol. The minimum atomic E-state index is -0.531. The van der Waals surface area contributed by atoms with Gasteiger partial charge in [0.1, 0.15) is 11.9 Å². The second-order valence-electron chi connectivity index (χ2n) is 4.10. The summed E-state index contributed by atoms with van der Waals surface area (Å²) in [5.74, 6) is -0.288. The molecule has 0 radical (unpaired) electrons. The van der Waals surface area contributed by atoms with Crippen molar-refractivity contribution in [3.05, 3.63) is 12.2 Å². The molecular formula is C9H16N4O2. The molecule has 2 N–H and O–H groups in total. The number of rotatable bonds is 3. The van der Waals surface area contributed by atoms with Crippen LogP contribution >= 0.6 is 0 Å². The molecule has 6 heteroatoms. The fourth-order valence-electron chi connectivity index (χ4n) is 1.03. The lowest BCUT2D eigenvalue weighted by Crippen LogP contribution is -2.27. The molecule has 0 saturated carbocycles. The van der Waals surface area contributed by atoms with Crippen LogP contribution in [0.25, 0.3) is 0 Å². The Hall–Kier alpha value is -1.43. The van der Waals surface area contributed by atoms with Gasteiger partial charge in [0.05, 0.1) is 6.54 Å². The number of hydrogen-bond donors (Lipinski definition) is 1. The third-order valence-corrected chi connectivity index (χ3v) is 1.54. The molecule has 1 rings (SSSR count). The lowest BCUT2D eigenvalue weighted by atomic mass is 10.2. The maximum absolute atomic E-state index is 11.6. The lowest BCUT2D eigenvalue weighted by molar-refractivity contribution is 0.00491. The molecule has 0 unspecified atom stereocenters. The van der Waals surface area contributed by atoms with E-state index in [2.05, 4.69) is 10.1 Å². The number of carbonyl (C=O) groups excluding carboxylic acids is 1. The highest BCUT2D eigenvalue weighted by molar-refractivity contribution is 5.85. The third kappa shape index (κ3) is 3.32. The van der Waals surface area contributed by atoms with E-state index in [-0.39, 0.29) is 5.82 Å². The topological polar surface area (TPSA) is 83.0 Å². The van der Waals surface area contributed by atoms with Crippen LogP contribution in [0, 0.1) is 0 Å². The predicted molar refractivity (Wildman–Crippen MR) is 54.2 cm³/mol. The van der Waals surface area contributed by atoms with E-state index < -0.39 is 11.6 Å². The van der Waals surface area contributed by atoms with Gasteiger partial charge in [-0.3, -0.25) is 0 Å². The summed E-state index contributed by atoms with van der Waals surface area (Å²) in [6.07, 6.45) is 1.31. The maximum atomic E-state index is 11.6. The summed E-state index contributed by atoms with van der Waals surface area (Å²) in [6.45, 7) is 6.26. The van der Waals surface area contributed by atoms with Crippen molar-refractivity contribution in [3.63, 3.8) is 0 Å². The first-order valence-corrected chi connectivity index (χ1v) is 4.75. The van der Waals surface area contributed by atoms with E-state index in [0.717, 1.165) is 0 Å². The first-order valence-electron chi connectivity index (χ1n) is 4.75. The van der Waals surface area contributed by atoms with E-state index in [0.29, 0.717) is 13.1 Å². The third-order valence-electron chi connectivity index (χ3n) is 1.54. The Morgan fingerprint density at radius 2 is 2.27 bits per heavy atom. The monoisotopic (exact) mass is 212 g/mol. The number of nitrogens with zero attached hydrogens (tertiary/aromatic N) is 3. The minimum Gasteiger partial charge on any atom is -0.454 e. The first kappa shape index (κ1) is 11.6. The smallest absolute Gasteiger partial charge is 0.376 e. The van der Waals surface area contributed by atoms with Crippen molar-refractivity contribution in [2.24, 2.45) is 5.73 Å². The highest BCUT2D eigenvalue weighted by Crippen LogP contribution is 2.10. The van der Waals surface area contributed by atoms with Crippen LogP contribution in [-0.2, 0) is 11.3 Å². The summed E-state index contributed by atoms with van der Waals surface area (Å²) in [5, 5.41) is 3.88. The maximum Gasteiger partial charge on any atom is 0.376 e. The Labute approximate surface area is 88.4 Å². The number of carbonyl (C=O) groups is 1. The average Bonchev–Trinajstić information content (AvgIpc) is 2.49. The zero-order chi connectivity index (χ0) is 11.5. The lowest BCUT2D eigenvalue weighted by Gasteiger charge is -2.18. The van der Waals surface area contributed by atoms with Gasteiger partial charge in [-0.1, -0.05) is 0 Å². The van der Waals surface area contributed by atoms with E-state index in [1.807, 2.05) is 0 Å². The number of esters is 1. The molecule has 0 spiro atoms. The fourth-order valence-corrected chi connectivity index (χ4v) is 1.03. The van der Waals surface area contributed by atoms with Gasteiger partial charge < -0.3 is 10.5 Å². The van der Waals surface area contributed by atoms with Gasteiger partial charge in [-0.2, -0.15) is 5.10 Å². The van der Waals surface area contributed by atoms with Gasteiger partial charge in [-0.15, -0.1) is 0 Å². The summed E-state index contributed by atoms with van der Waals surface area (Å²) in [5.41, 5.74) is 4.84. The molecule has 0 fully saturated rings. The Morgan fingerprint density at radius 3 is 2.80 bits per heavy atom. The molecule has 15 heavy (non-hydrogen) atoms. The second kappa shape index (κ2) is 4.39. The van der Waals surface area contributed by atoms with E-state index in [1.54, 1.807) is 20.8 Å². The molecule has 1 aromatic rings. The zero-order valence-corrected chi connectivity index (χ0v) is 9.23. The molecule has 1 aromatic heterocycles. The molecule has 0 atom stereocenters. The number of aromatic nitrogens is 3. The Balaban J connectivity index is 2.77. The Bertz CT molecular complexity index is 340. The molecule has 0 aliphatic heterocycles. The quantitative estimate of drug-likeness (QED) is 0.723. The highest BCUT2D eigenvalue weighted by Gasteiger charge is 2.21. The SMILES string of the molecule is CC(C)(C)OC(=O)c1ncnn1CCN. The second-order valence-corrected chi connectivity index (χ2v) is 4.10. The van der Waals surface area contributed by atoms with Gasteiger partial charge in [0.15, 0.2) is 0 Å². The Morgan fingerprint density at radius 1 is 1.60 bits per heavy atom. The highest BCUT2D eigenvalue weighted by atomic mass is 16.6. The molecule has 0 bridgehead atoms. The van der Waals surface area contributed by atoms with E-state index in [9.17, 15) is 4.79 Å². The fraction of sp³-hybridized carbons (Fsp3) is 0.667. The van der Waals surface area contributed by atoms with Gasteiger partial charge in [0.2, 0.25) is 5.82 Å². The van der Waals surface area contributed by atoms with Crippen LogP contribution < -0.4 is 5.73 Å². The predicted octanol–water partition coefficient (Wildman–Crippen LogP) is 0.192. The van der Waals surface area contributed by atoms with E-state index in [1.165, 1.54) is 11.0 Å². The van der Waals surface area contributed by atoms with Gasteiger partial charge in [-0.05, 0) is 20.8 Å². The molecule has 1 heterocycles. The number of hydrogen-bond acceptors (Lipinski definition) is 5. The van der Waals surface area contributed by atoms with E-state index in [4.69, 9.17) is 10.5 Å². The van der Waals surface area contributed by atoms with Crippen molar-refractivity contribution >= 4 is 5.97 Å².